The Balaban J connectivity index is 2.09. The molecule has 2 aromatic rings. The van der Waals surface area contributed by atoms with E-state index in [4.69, 9.17) is 10.5 Å². The third-order valence-electron chi connectivity index (χ3n) is 2.91. The van der Waals surface area contributed by atoms with Crippen molar-refractivity contribution in [3.05, 3.63) is 64.7 Å². The van der Waals surface area contributed by atoms with Crippen molar-refractivity contribution in [2.45, 2.75) is 13.5 Å². The maximum atomic E-state index is 13.5. The predicted molar refractivity (Wildman–Crippen MR) is 77.8 cm³/mol. The number of hydrogen-bond acceptors (Lipinski definition) is 2. The monoisotopic (exact) mass is 287 g/mol. The SMILES string of the molecule is Cc1cc(C#CCN)ccc1OCc1ccc(F)cc1F. The maximum absolute atomic E-state index is 13.5. The molecule has 0 bridgehead atoms. The van der Waals surface area contributed by atoms with E-state index in [2.05, 4.69) is 11.8 Å². The van der Waals surface area contributed by atoms with Crippen LogP contribution in [0.4, 0.5) is 8.78 Å². The summed E-state index contributed by atoms with van der Waals surface area (Å²) < 4.78 is 31.9. The number of aryl methyl sites for hydroxylation is 1. The molecular formula is C17H15F2NO. The quantitative estimate of drug-likeness (QED) is 0.880. The van der Waals surface area contributed by atoms with Crippen molar-refractivity contribution in [1.29, 1.82) is 0 Å². The highest BCUT2D eigenvalue weighted by molar-refractivity contribution is 5.43. The van der Waals surface area contributed by atoms with E-state index in [9.17, 15) is 8.78 Å². The zero-order valence-electron chi connectivity index (χ0n) is 11.6. The largest absolute Gasteiger partial charge is 0.489 e. The summed E-state index contributed by atoms with van der Waals surface area (Å²) in [7, 11) is 0. The minimum atomic E-state index is -0.613. The molecular weight excluding hydrogens is 272 g/mol. The van der Waals surface area contributed by atoms with Crippen LogP contribution in [0.25, 0.3) is 0 Å². The molecule has 2 rings (SSSR count). The summed E-state index contributed by atoms with van der Waals surface area (Å²) >= 11 is 0. The summed E-state index contributed by atoms with van der Waals surface area (Å²) in [6, 6.07) is 8.89. The van der Waals surface area contributed by atoms with Gasteiger partial charge in [-0.2, -0.15) is 0 Å². The van der Waals surface area contributed by atoms with E-state index in [1.54, 1.807) is 6.07 Å². The molecule has 0 amide bonds. The Labute approximate surface area is 122 Å². The van der Waals surface area contributed by atoms with Gasteiger partial charge < -0.3 is 10.5 Å². The van der Waals surface area contributed by atoms with Gasteiger partial charge in [-0.1, -0.05) is 11.8 Å². The van der Waals surface area contributed by atoms with E-state index >= 15 is 0 Å². The molecule has 0 saturated carbocycles. The molecule has 0 aliphatic heterocycles. The van der Waals surface area contributed by atoms with E-state index in [0.717, 1.165) is 17.2 Å². The van der Waals surface area contributed by atoms with Gasteiger partial charge in [0.2, 0.25) is 0 Å². The number of ether oxygens (including phenoxy) is 1. The number of rotatable bonds is 3. The van der Waals surface area contributed by atoms with Crippen molar-refractivity contribution >= 4 is 0 Å². The summed E-state index contributed by atoms with van der Waals surface area (Å²) in [5.74, 6) is 5.12. The Morgan fingerprint density at radius 3 is 2.62 bits per heavy atom. The molecule has 0 aliphatic carbocycles. The normalized spacial score (nSPS) is 9.90. The highest BCUT2D eigenvalue weighted by Crippen LogP contribution is 2.21. The van der Waals surface area contributed by atoms with Gasteiger partial charge in [0, 0.05) is 17.2 Å². The second-order valence-corrected chi connectivity index (χ2v) is 4.51. The zero-order chi connectivity index (χ0) is 15.2. The van der Waals surface area contributed by atoms with Crippen LogP contribution in [0.5, 0.6) is 5.75 Å². The topological polar surface area (TPSA) is 35.2 Å². The van der Waals surface area contributed by atoms with Crippen LogP contribution < -0.4 is 10.5 Å². The van der Waals surface area contributed by atoms with Crippen molar-refractivity contribution < 1.29 is 13.5 Å². The Hall–Kier alpha value is -2.38. The van der Waals surface area contributed by atoms with Crippen LogP contribution in [0, 0.1) is 30.4 Å². The van der Waals surface area contributed by atoms with Crippen molar-refractivity contribution in [2.75, 3.05) is 6.54 Å². The second kappa shape index (κ2) is 6.87. The number of benzene rings is 2. The Kier molecular flexibility index (Phi) is 4.91. The molecule has 0 heterocycles. The minimum absolute atomic E-state index is 0.0424. The van der Waals surface area contributed by atoms with Crippen LogP contribution in [0.3, 0.4) is 0 Å². The maximum Gasteiger partial charge on any atom is 0.132 e. The molecule has 108 valence electrons. The molecule has 0 atom stereocenters. The molecule has 0 radical (unpaired) electrons. The molecule has 2 aromatic carbocycles. The van der Waals surface area contributed by atoms with Crippen molar-refractivity contribution in [2.24, 2.45) is 5.73 Å². The van der Waals surface area contributed by atoms with E-state index in [-0.39, 0.29) is 6.61 Å². The Bertz CT molecular complexity index is 702. The lowest BCUT2D eigenvalue weighted by molar-refractivity contribution is 0.297. The van der Waals surface area contributed by atoms with Crippen LogP contribution in [0.2, 0.25) is 0 Å². The molecule has 4 heteroatoms. The van der Waals surface area contributed by atoms with Crippen LogP contribution in [-0.4, -0.2) is 6.54 Å². The fraction of sp³-hybridized carbons (Fsp3) is 0.176. The third-order valence-corrected chi connectivity index (χ3v) is 2.91. The Morgan fingerprint density at radius 1 is 1.14 bits per heavy atom. The van der Waals surface area contributed by atoms with Gasteiger partial charge in [0.25, 0.3) is 0 Å². The first-order valence-corrected chi connectivity index (χ1v) is 6.46. The zero-order valence-corrected chi connectivity index (χ0v) is 11.6. The minimum Gasteiger partial charge on any atom is -0.489 e. The molecule has 21 heavy (non-hydrogen) atoms. The van der Waals surface area contributed by atoms with Gasteiger partial charge in [-0.05, 0) is 42.8 Å². The van der Waals surface area contributed by atoms with Gasteiger partial charge in [0.15, 0.2) is 0 Å². The van der Waals surface area contributed by atoms with Gasteiger partial charge in [0.05, 0.1) is 6.54 Å². The van der Waals surface area contributed by atoms with Crippen LogP contribution in [0.15, 0.2) is 36.4 Å². The molecule has 0 aromatic heterocycles. The standard InChI is InChI=1S/C17H15F2NO/c1-12-9-13(3-2-8-20)4-7-17(12)21-11-14-5-6-15(18)10-16(14)19/h4-7,9-10H,8,11,20H2,1H3. The fourth-order valence-corrected chi connectivity index (χ4v) is 1.84. The van der Waals surface area contributed by atoms with Crippen LogP contribution in [0.1, 0.15) is 16.7 Å². The lowest BCUT2D eigenvalue weighted by Gasteiger charge is -2.10. The second-order valence-electron chi connectivity index (χ2n) is 4.51. The summed E-state index contributed by atoms with van der Waals surface area (Å²) in [4.78, 5) is 0. The molecule has 0 spiro atoms. The summed E-state index contributed by atoms with van der Waals surface area (Å²) in [6.45, 7) is 2.23. The van der Waals surface area contributed by atoms with Gasteiger partial charge >= 0.3 is 0 Å². The lowest BCUT2D eigenvalue weighted by atomic mass is 10.1. The van der Waals surface area contributed by atoms with E-state index in [1.165, 1.54) is 12.1 Å². The average Bonchev–Trinajstić information content (AvgIpc) is 2.45. The van der Waals surface area contributed by atoms with Gasteiger partial charge in [0.1, 0.15) is 24.0 Å². The van der Waals surface area contributed by atoms with E-state index < -0.39 is 11.6 Å². The van der Waals surface area contributed by atoms with Crippen molar-refractivity contribution in [3.8, 4) is 17.6 Å². The van der Waals surface area contributed by atoms with Gasteiger partial charge in [-0.3, -0.25) is 0 Å². The molecule has 0 unspecified atom stereocenters. The highest BCUT2D eigenvalue weighted by Gasteiger charge is 2.06. The van der Waals surface area contributed by atoms with Crippen molar-refractivity contribution in [1.82, 2.24) is 0 Å². The molecule has 2 nitrogen and oxygen atoms in total. The predicted octanol–water partition coefficient (Wildman–Crippen LogP) is 3.16. The average molecular weight is 287 g/mol. The number of halogens is 2. The third kappa shape index (κ3) is 4.04. The lowest BCUT2D eigenvalue weighted by Crippen LogP contribution is -2.00. The van der Waals surface area contributed by atoms with Crippen LogP contribution >= 0.6 is 0 Å². The van der Waals surface area contributed by atoms with E-state index in [0.29, 0.717) is 17.9 Å². The molecule has 0 saturated heterocycles. The van der Waals surface area contributed by atoms with Crippen LogP contribution in [-0.2, 0) is 6.61 Å². The molecule has 0 fully saturated rings. The Morgan fingerprint density at radius 2 is 1.95 bits per heavy atom. The van der Waals surface area contributed by atoms with Gasteiger partial charge in [-0.15, -0.1) is 0 Å². The molecule has 0 aliphatic rings. The fourth-order valence-electron chi connectivity index (χ4n) is 1.84. The first-order valence-electron chi connectivity index (χ1n) is 6.46. The highest BCUT2D eigenvalue weighted by atomic mass is 19.1. The van der Waals surface area contributed by atoms with Crippen molar-refractivity contribution in [3.63, 3.8) is 0 Å². The number of hydrogen-bond donors (Lipinski definition) is 1. The van der Waals surface area contributed by atoms with E-state index in [1.807, 2.05) is 19.1 Å². The summed E-state index contributed by atoms with van der Waals surface area (Å²) in [6.07, 6.45) is 0. The summed E-state index contributed by atoms with van der Waals surface area (Å²) in [5.41, 5.74) is 7.36. The first kappa shape index (κ1) is 15.0. The molecule has 2 N–H and O–H groups in total. The van der Waals surface area contributed by atoms with Gasteiger partial charge in [-0.25, -0.2) is 8.78 Å². The first-order chi connectivity index (χ1) is 10.1. The summed E-state index contributed by atoms with van der Waals surface area (Å²) in [5, 5.41) is 0. The smallest absolute Gasteiger partial charge is 0.132 e. The number of nitrogens with two attached hydrogens (primary N) is 1.